The Labute approximate surface area is 128 Å². The number of fused-ring (bicyclic) bond motifs is 1. The van der Waals surface area contributed by atoms with E-state index in [2.05, 4.69) is 29.6 Å². The van der Waals surface area contributed by atoms with Gasteiger partial charge in [0, 0.05) is 22.3 Å². The molecule has 1 aliphatic carbocycles. The van der Waals surface area contributed by atoms with Crippen molar-refractivity contribution in [1.29, 1.82) is 0 Å². The molecule has 0 bridgehead atoms. The van der Waals surface area contributed by atoms with E-state index in [0.717, 1.165) is 24.1 Å². The van der Waals surface area contributed by atoms with Crippen molar-refractivity contribution in [2.24, 2.45) is 5.73 Å². The summed E-state index contributed by atoms with van der Waals surface area (Å²) in [4.78, 5) is 0.366. The van der Waals surface area contributed by atoms with Gasteiger partial charge < -0.3 is 11.1 Å². The Bertz CT molecular complexity index is 644. The van der Waals surface area contributed by atoms with Crippen molar-refractivity contribution in [3.8, 4) is 0 Å². The number of nitrogens with two attached hydrogens (primary N) is 1. The summed E-state index contributed by atoms with van der Waals surface area (Å²) in [5.74, 6) is 0. The summed E-state index contributed by atoms with van der Waals surface area (Å²) in [5, 5.41) is 4.19. The summed E-state index contributed by atoms with van der Waals surface area (Å²) in [5.41, 5.74) is 10.4. The number of hydrogen-bond donors (Lipinski definition) is 2. The zero-order valence-corrected chi connectivity index (χ0v) is 12.5. The molecule has 2 aromatic rings. The summed E-state index contributed by atoms with van der Waals surface area (Å²) in [6.45, 7) is 0. The van der Waals surface area contributed by atoms with Crippen molar-refractivity contribution in [1.82, 2.24) is 0 Å². The minimum atomic E-state index is 0.366. The summed E-state index contributed by atoms with van der Waals surface area (Å²) < 4.78 is 0. The molecule has 0 aliphatic heterocycles. The van der Waals surface area contributed by atoms with Crippen LogP contribution in [0.1, 0.15) is 16.7 Å². The normalized spacial score (nSPS) is 14.1. The van der Waals surface area contributed by atoms with Gasteiger partial charge in [-0.3, -0.25) is 0 Å². The molecule has 0 unspecified atom stereocenters. The van der Waals surface area contributed by atoms with E-state index in [1.165, 1.54) is 11.1 Å². The highest BCUT2D eigenvalue weighted by molar-refractivity contribution is 7.80. The van der Waals surface area contributed by atoms with Gasteiger partial charge in [-0.15, -0.1) is 0 Å². The maximum absolute atomic E-state index is 6.01. The highest BCUT2D eigenvalue weighted by Gasteiger charge is 2.21. The Morgan fingerprint density at radius 3 is 2.40 bits per heavy atom. The van der Waals surface area contributed by atoms with Gasteiger partial charge >= 0.3 is 0 Å². The number of rotatable bonds is 3. The Kier molecular flexibility index (Phi) is 3.64. The predicted molar refractivity (Wildman–Crippen MR) is 88.6 cm³/mol. The molecule has 2 aromatic carbocycles. The third-order valence-corrected chi connectivity index (χ3v) is 4.11. The number of thiocarbonyl (C=S) groups is 1. The van der Waals surface area contributed by atoms with Crippen molar-refractivity contribution in [2.45, 2.75) is 18.9 Å². The molecule has 0 radical (unpaired) electrons. The molecule has 0 saturated carbocycles. The zero-order chi connectivity index (χ0) is 14.1. The molecule has 102 valence electrons. The van der Waals surface area contributed by atoms with Gasteiger partial charge in [-0.1, -0.05) is 48.1 Å². The van der Waals surface area contributed by atoms with E-state index in [4.69, 9.17) is 29.6 Å². The lowest BCUT2D eigenvalue weighted by Gasteiger charge is -2.17. The lowest BCUT2D eigenvalue weighted by atomic mass is 10.1. The van der Waals surface area contributed by atoms with Gasteiger partial charge in [0.25, 0.3) is 0 Å². The minimum Gasteiger partial charge on any atom is -0.389 e. The average molecular weight is 303 g/mol. The standard InChI is InChI=1S/C16H15ClN2S/c17-12-5-6-15(14(9-12)16(18)20)19-13-7-10-3-1-2-4-11(10)8-13/h1-6,9,13,19H,7-8H2,(H2,18,20). The minimum absolute atomic E-state index is 0.366. The molecule has 1 aliphatic rings. The highest BCUT2D eigenvalue weighted by Crippen LogP contribution is 2.27. The summed E-state index contributed by atoms with van der Waals surface area (Å²) in [6, 6.07) is 14.5. The van der Waals surface area contributed by atoms with Gasteiger partial charge in [0.05, 0.1) is 0 Å². The SMILES string of the molecule is NC(=S)c1cc(Cl)ccc1NC1Cc2ccccc2C1. The first-order chi connectivity index (χ1) is 9.63. The summed E-state index contributed by atoms with van der Waals surface area (Å²) in [7, 11) is 0. The third-order valence-electron chi connectivity index (χ3n) is 3.66. The first kappa shape index (κ1) is 13.4. The van der Waals surface area contributed by atoms with Gasteiger partial charge in [0.1, 0.15) is 4.99 Å². The third kappa shape index (κ3) is 2.65. The quantitative estimate of drug-likeness (QED) is 0.852. The van der Waals surface area contributed by atoms with Gasteiger partial charge in [-0.2, -0.15) is 0 Å². The molecule has 0 atom stereocenters. The topological polar surface area (TPSA) is 38.0 Å². The van der Waals surface area contributed by atoms with Gasteiger partial charge in [-0.05, 0) is 42.2 Å². The lowest BCUT2D eigenvalue weighted by Crippen LogP contribution is -2.22. The van der Waals surface area contributed by atoms with Crippen molar-refractivity contribution in [3.63, 3.8) is 0 Å². The van der Waals surface area contributed by atoms with Crippen molar-refractivity contribution in [3.05, 3.63) is 64.2 Å². The fourth-order valence-corrected chi connectivity index (χ4v) is 3.07. The molecule has 2 nitrogen and oxygen atoms in total. The molecule has 3 rings (SSSR count). The van der Waals surface area contributed by atoms with E-state index < -0.39 is 0 Å². The first-order valence-corrected chi connectivity index (χ1v) is 7.35. The summed E-state index contributed by atoms with van der Waals surface area (Å²) >= 11 is 11.1. The number of halogens is 1. The van der Waals surface area contributed by atoms with E-state index in [-0.39, 0.29) is 0 Å². The van der Waals surface area contributed by atoms with E-state index in [1.807, 2.05) is 18.2 Å². The number of benzene rings is 2. The fourth-order valence-electron chi connectivity index (χ4n) is 2.73. The summed E-state index contributed by atoms with van der Waals surface area (Å²) in [6.07, 6.45) is 2.05. The van der Waals surface area contributed by atoms with Crippen LogP contribution in [-0.2, 0) is 12.8 Å². The second-order valence-electron chi connectivity index (χ2n) is 5.07. The van der Waals surface area contributed by atoms with Crippen LogP contribution in [0, 0.1) is 0 Å². The predicted octanol–water partition coefficient (Wildman–Crippen LogP) is 3.55. The Morgan fingerprint density at radius 2 is 1.80 bits per heavy atom. The Morgan fingerprint density at radius 1 is 1.15 bits per heavy atom. The number of hydrogen-bond acceptors (Lipinski definition) is 2. The van der Waals surface area contributed by atoms with Crippen LogP contribution in [0.2, 0.25) is 5.02 Å². The van der Waals surface area contributed by atoms with E-state index in [1.54, 1.807) is 0 Å². The van der Waals surface area contributed by atoms with Crippen molar-refractivity contribution < 1.29 is 0 Å². The van der Waals surface area contributed by atoms with Gasteiger partial charge in [-0.25, -0.2) is 0 Å². The van der Waals surface area contributed by atoms with Crippen LogP contribution < -0.4 is 11.1 Å². The smallest absolute Gasteiger partial charge is 0.106 e. The van der Waals surface area contributed by atoms with E-state index >= 15 is 0 Å². The zero-order valence-electron chi connectivity index (χ0n) is 10.9. The molecule has 0 fully saturated rings. The molecule has 0 aromatic heterocycles. The first-order valence-electron chi connectivity index (χ1n) is 6.56. The maximum atomic E-state index is 6.01. The fraction of sp³-hybridized carbons (Fsp3) is 0.188. The second-order valence-corrected chi connectivity index (χ2v) is 5.95. The monoisotopic (exact) mass is 302 g/mol. The van der Waals surface area contributed by atoms with Gasteiger partial charge in [0.15, 0.2) is 0 Å². The number of anilines is 1. The van der Waals surface area contributed by atoms with Crippen LogP contribution in [0.5, 0.6) is 0 Å². The molecular formula is C16H15ClN2S. The van der Waals surface area contributed by atoms with Gasteiger partial charge in [0.2, 0.25) is 0 Å². The molecule has 20 heavy (non-hydrogen) atoms. The van der Waals surface area contributed by atoms with Crippen LogP contribution in [0.3, 0.4) is 0 Å². The molecule has 0 heterocycles. The van der Waals surface area contributed by atoms with E-state index in [9.17, 15) is 0 Å². The number of nitrogens with one attached hydrogen (secondary N) is 1. The largest absolute Gasteiger partial charge is 0.389 e. The van der Waals surface area contributed by atoms with Crippen LogP contribution in [-0.4, -0.2) is 11.0 Å². The van der Waals surface area contributed by atoms with Crippen LogP contribution >= 0.6 is 23.8 Å². The van der Waals surface area contributed by atoms with Crippen molar-refractivity contribution in [2.75, 3.05) is 5.32 Å². The van der Waals surface area contributed by atoms with Crippen LogP contribution in [0.4, 0.5) is 5.69 Å². The molecule has 0 spiro atoms. The molecule has 3 N–H and O–H groups in total. The second kappa shape index (κ2) is 5.43. The van der Waals surface area contributed by atoms with Crippen LogP contribution in [0.25, 0.3) is 0 Å². The van der Waals surface area contributed by atoms with Crippen molar-refractivity contribution >= 4 is 34.5 Å². The van der Waals surface area contributed by atoms with E-state index in [0.29, 0.717) is 16.1 Å². The maximum Gasteiger partial charge on any atom is 0.106 e. The van der Waals surface area contributed by atoms with Crippen LogP contribution in [0.15, 0.2) is 42.5 Å². The average Bonchev–Trinajstić information content (AvgIpc) is 2.82. The lowest BCUT2D eigenvalue weighted by molar-refractivity contribution is 0.774. The molecule has 0 saturated heterocycles. The Hall–Kier alpha value is -1.58. The molecule has 4 heteroatoms. The molecular weight excluding hydrogens is 288 g/mol. The molecule has 0 amide bonds. The highest BCUT2D eigenvalue weighted by atomic mass is 35.5. The Balaban J connectivity index is 1.82.